The van der Waals surface area contributed by atoms with E-state index in [1.807, 2.05) is 0 Å². The number of aliphatic hydroxyl groups excluding tert-OH is 2. The van der Waals surface area contributed by atoms with E-state index in [1.54, 1.807) is 0 Å². The van der Waals surface area contributed by atoms with Crippen molar-refractivity contribution in [1.82, 2.24) is 14.8 Å². The van der Waals surface area contributed by atoms with Crippen molar-refractivity contribution in [2.75, 3.05) is 5.73 Å². The fourth-order valence-electron chi connectivity index (χ4n) is 2.07. The number of rotatable bonds is 2. The van der Waals surface area contributed by atoms with E-state index in [9.17, 15) is 15.0 Å². The lowest BCUT2D eigenvalue weighted by molar-refractivity contribution is -0.0816. The van der Waals surface area contributed by atoms with Crippen LogP contribution in [0.2, 0.25) is 0 Å². The lowest BCUT2D eigenvalue weighted by Gasteiger charge is -2.26. The zero-order valence-electron chi connectivity index (χ0n) is 10.7. The van der Waals surface area contributed by atoms with Gasteiger partial charge in [-0.3, -0.25) is 0 Å². The van der Waals surface area contributed by atoms with Crippen molar-refractivity contribution >= 4 is 5.82 Å². The Morgan fingerprint density at radius 3 is 2.85 bits per heavy atom. The van der Waals surface area contributed by atoms with Crippen molar-refractivity contribution in [3.05, 3.63) is 16.7 Å². The van der Waals surface area contributed by atoms with Gasteiger partial charge >= 0.3 is 5.69 Å². The predicted octanol–water partition coefficient (Wildman–Crippen LogP) is -2.81. The van der Waals surface area contributed by atoms with Gasteiger partial charge in [0.15, 0.2) is 11.8 Å². The Morgan fingerprint density at radius 2 is 2.35 bits per heavy atom. The highest BCUT2D eigenvalue weighted by atomic mass is 16.6. The normalized spacial score (nSPS) is 34.6. The van der Waals surface area contributed by atoms with Crippen LogP contribution < -0.4 is 17.2 Å². The first kappa shape index (κ1) is 14.4. The number of terminal acetylenes is 1. The Morgan fingerprint density at radius 1 is 1.70 bits per heavy atom. The smallest absolute Gasteiger partial charge is 0.368 e. The number of aliphatic hydroxyl groups is 2. The van der Waals surface area contributed by atoms with E-state index in [2.05, 4.69) is 16.0 Å². The topological polar surface area (TPSA) is 150 Å². The standard InChI is InChI=1S/C11H15N5O4/c1-3-11(13)8(18)7(5(2)17)20-9(11)16-10(19)15-6(12)4-14-16/h1,4-5,7-9,17-18H,13H2,2H3,(H2,12,15,19)/t5-,7-,8+,9-,11?/m1/s1. The summed E-state index contributed by atoms with van der Waals surface area (Å²) in [5, 5.41) is 23.4. The Hall–Kier alpha value is -1.99. The van der Waals surface area contributed by atoms with Gasteiger partial charge in [-0.2, -0.15) is 14.8 Å². The van der Waals surface area contributed by atoms with Crippen LogP contribution in [-0.2, 0) is 4.74 Å². The van der Waals surface area contributed by atoms with Crippen LogP contribution in [0.15, 0.2) is 11.0 Å². The Kier molecular flexibility index (Phi) is 3.49. The van der Waals surface area contributed by atoms with Gasteiger partial charge in [0.25, 0.3) is 0 Å². The first-order valence-corrected chi connectivity index (χ1v) is 5.81. The summed E-state index contributed by atoms with van der Waals surface area (Å²) >= 11 is 0. The molecule has 0 amide bonds. The molecule has 108 valence electrons. The van der Waals surface area contributed by atoms with Crippen LogP contribution in [0.25, 0.3) is 0 Å². The highest BCUT2D eigenvalue weighted by molar-refractivity contribution is 5.24. The van der Waals surface area contributed by atoms with Gasteiger partial charge in [0, 0.05) is 0 Å². The van der Waals surface area contributed by atoms with Gasteiger partial charge in [0.05, 0.1) is 12.3 Å². The third-order valence-corrected chi connectivity index (χ3v) is 3.18. The van der Waals surface area contributed by atoms with E-state index in [1.165, 1.54) is 6.92 Å². The molecule has 9 nitrogen and oxygen atoms in total. The van der Waals surface area contributed by atoms with Gasteiger partial charge in [-0.25, -0.2) is 4.79 Å². The van der Waals surface area contributed by atoms with E-state index in [4.69, 9.17) is 22.6 Å². The number of nitrogens with two attached hydrogens (primary N) is 2. The number of anilines is 1. The summed E-state index contributed by atoms with van der Waals surface area (Å²) in [6.45, 7) is 1.41. The quantitative estimate of drug-likeness (QED) is 0.424. The molecule has 1 saturated heterocycles. The fraction of sp³-hybridized carbons (Fsp3) is 0.545. The van der Waals surface area contributed by atoms with E-state index in [0.29, 0.717) is 0 Å². The molecule has 0 radical (unpaired) electrons. The van der Waals surface area contributed by atoms with Crippen molar-refractivity contribution in [3.8, 4) is 12.3 Å². The first-order valence-electron chi connectivity index (χ1n) is 5.81. The van der Waals surface area contributed by atoms with Gasteiger partial charge in [0.1, 0.15) is 18.0 Å². The first-order chi connectivity index (χ1) is 9.31. The maximum Gasteiger partial charge on any atom is 0.368 e. The molecule has 1 aliphatic heterocycles. The monoisotopic (exact) mass is 281 g/mol. The van der Waals surface area contributed by atoms with Crippen LogP contribution in [-0.4, -0.2) is 48.8 Å². The number of hydrogen-bond donors (Lipinski definition) is 4. The summed E-state index contributed by atoms with van der Waals surface area (Å²) < 4.78 is 6.19. The Balaban J connectivity index is 2.50. The molecule has 6 N–H and O–H groups in total. The highest BCUT2D eigenvalue weighted by Crippen LogP contribution is 2.36. The van der Waals surface area contributed by atoms with Crippen LogP contribution in [0.4, 0.5) is 5.82 Å². The summed E-state index contributed by atoms with van der Waals surface area (Å²) in [4.78, 5) is 15.3. The molecule has 1 aromatic heterocycles. The average Bonchev–Trinajstić information content (AvgIpc) is 2.64. The Bertz CT molecular complexity index is 610. The molecule has 1 fully saturated rings. The van der Waals surface area contributed by atoms with Crippen molar-refractivity contribution in [2.45, 2.75) is 37.0 Å². The number of aromatic nitrogens is 3. The molecule has 0 aliphatic carbocycles. The summed E-state index contributed by atoms with van der Waals surface area (Å²) in [7, 11) is 0. The molecular formula is C11H15N5O4. The van der Waals surface area contributed by atoms with Crippen LogP contribution >= 0.6 is 0 Å². The number of nitrogens with zero attached hydrogens (tertiary/aromatic N) is 3. The minimum atomic E-state index is -1.73. The zero-order chi connectivity index (χ0) is 15.1. The van der Waals surface area contributed by atoms with Gasteiger partial charge in [-0.05, 0) is 6.92 Å². The molecular weight excluding hydrogens is 266 g/mol. The summed E-state index contributed by atoms with van der Waals surface area (Å²) in [5.74, 6) is 2.13. The maximum atomic E-state index is 11.8. The molecule has 2 heterocycles. The molecule has 1 unspecified atom stereocenters. The molecule has 0 saturated carbocycles. The molecule has 5 atom stereocenters. The minimum Gasteiger partial charge on any atom is -0.391 e. The van der Waals surface area contributed by atoms with Gasteiger partial charge < -0.3 is 26.4 Å². The third kappa shape index (κ3) is 2.04. The second-order valence-corrected chi connectivity index (χ2v) is 4.62. The number of ether oxygens (including phenoxy) is 1. The summed E-state index contributed by atoms with van der Waals surface area (Å²) in [6.07, 6.45) is 1.75. The largest absolute Gasteiger partial charge is 0.391 e. The van der Waals surface area contributed by atoms with E-state index < -0.39 is 35.8 Å². The Labute approximate surface area is 114 Å². The second kappa shape index (κ2) is 4.84. The van der Waals surface area contributed by atoms with Crippen molar-refractivity contribution in [2.24, 2.45) is 5.73 Å². The maximum absolute atomic E-state index is 11.8. The number of hydrogen-bond acceptors (Lipinski definition) is 8. The molecule has 1 aliphatic rings. The molecule has 0 spiro atoms. The van der Waals surface area contributed by atoms with Crippen LogP contribution in [0.3, 0.4) is 0 Å². The summed E-state index contributed by atoms with van der Waals surface area (Å²) in [6, 6.07) is 0. The van der Waals surface area contributed by atoms with E-state index >= 15 is 0 Å². The zero-order valence-corrected chi connectivity index (χ0v) is 10.7. The molecule has 2 rings (SSSR count). The van der Waals surface area contributed by atoms with Gasteiger partial charge in [0.2, 0.25) is 0 Å². The van der Waals surface area contributed by atoms with Crippen LogP contribution in [0.1, 0.15) is 13.2 Å². The molecule has 0 bridgehead atoms. The SMILES string of the molecule is C#CC1(N)[C@@H](O)[C@@H]([C@@H](C)O)O[C@H]1n1ncc(N)nc1=O. The van der Waals surface area contributed by atoms with Crippen molar-refractivity contribution in [1.29, 1.82) is 0 Å². The van der Waals surface area contributed by atoms with Crippen molar-refractivity contribution < 1.29 is 14.9 Å². The third-order valence-electron chi connectivity index (χ3n) is 3.18. The lowest BCUT2D eigenvalue weighted by Crippen LogP contribution is -2.55. The van der Waals surface area contributed by atoms with Crippen molar-refractivity contribution in [3.63, 3.8) is 0 Å². The predicted molar refractivity (Wildman–Crippen MR) is 68.1 cm³/mol. The van der Waals surface area contributed by atoms with Gasteiger partial charge in [-0.1, -0.05) is 5.92 Å². The minimum absolute atomic E-state index is 0.0693. The highest BCUT2D eigenvalue weighted by Gasteiger charge is 2.56. The van der Waals surface area contributed by atoms with Gasteiger partial charge in [-0.15, -0.1) is 6.42 Å². The van der Waals surface area contributed by atoms with E-state index in [0.717, 1.165) is 10.9 Å². The van der Waals surface area contributed by atoms with Crippen LogP contribution in [0, 0.1) is 12.3 Å². The fourth-order valence-corrected chi connectivity index (χ4v) is 2.07. The average molecular weight is 281 g/mol. The van der Waals surface area contributed by atoms with E-state index in [-0.39, 0.29) is 5.82 Å². The molecule has 0 aromatic carbocycles. The second-order valence-electron chi connectivity index (χ2n) is 4.62. The van der Waals surface area contributed by atoms with Crippen LogP contribution in [0.5, 0.6) is 0 Å². The number of nitrogen functional groups attached to an aromatic ring is 1. The molecule has 1 aromatic rings. The lowest BCUT2D eigenvalue weighted by atomic mass is 9.90. The summed E-state index contributed by atoms with van der Waals surface area (Å²) in [5.41, 5.74) is 8.73. The molecule has 9 heteroatoms. The molecule has 20 heavy (non-hydrogen) atoms.